The molecule has 0 saturated carbocycles. The summed E-state index contributed by atoms with van der Waals surface area (Å²) in [6, 6.07) is 0.159. The van der Waals surface area contributed by atoms with Crippen LogP contribution in [0.25, 0.3) is 0 Å². The predicted molar refractivity (Wildman–Crippen MR) is 54.0 cm³/mol. The Morgan fingerprint density at radius 2 is 1.77 bits per heavy atom. The number of sulfonamides is 1. The fourth-order valence-corrected chi connectivity index (χ4v) is 3.44. The molecule has 0 N–H and O–H groups in total. The first-order chi connectivity index (χ1) is 5.82. The van der Waals surface area contributed by atoms with Gasteiger partial charge in [-0.15, -0.1) is 0 Å². The van der Waals surface area contributed by atoms with Gasteiger partial charge < -0.3 is 0 Å². The number of nitrogens with zero attached hydrogens (tertiary/aromatic N) is 1. The molecule has 78 valence electrons. The summed E-state index contributed by atoms with van der Waals surface area (Å²) in [4.78, 5) is 0. The fraction of sp³-hybridized carbons (Fsp3) is 1.00. The Balaban J connectivity index is 2.84. The molecule has 0 aromatic carbocycles. The summed E-state index contributed by atoms with van der Waals surface area (Å²) in [7, 11) is -3.01. The van der Waals surface area contributed by atoms with Crippen molar-refractivity contribution in [1.82, 2.24) is 4.31 Å². The normalized spacial score (nSPS) is 37.7. The van der Waals surface area contributed by atoms with Gasteiger partial charge in [0, 0.05) is 12.6 Å². The highest BCUT2D eigenvalue weighted by Crippen LogP contribution is 2.28. The van der Waals surface area contributed by atoms with Gasteiger partial charge >= 0.3 is 0 Å². The molecule has 0 amide bonds. The molecule has 1 saturated heterocycles. The van der Waals surface area contributed by atoms with Crippen LogP contribution in [-0.4, -0.2) is 31.6 Å². The van der Waals surface area contributed by atoms with E-state index >= 15 is 0 Å². The molecule has 1 aliphatic rings. The number of hydrogen-bond donors (Lipinski definition) is 0. The first-order valence-electron chi connectivity index (χ1n) is 4.79. The van der Waals surface area contributed by atoms with Crippen molar-refractivity contribution in [3.8, 4) is 0 Å². The molecule has 3 atom stereocenters. The van der Waals surface area contributed by atoms with Gasteiger partial charge in [-0.2, -0.15) is 4.31 Å². The Labute approximate surface area is 81.2 Å². The van der Waals surface area contributed by atoms with Crippen LogP contribution < -0.4 is 0 Å². The van der Waals surface area contributed by atoms with E-state index in [1.54, 1.807) is 4.31 Å². The second-order valence-electron chi connectivity index (χ2n) is 4.39. The third kappa shape index (κ3) is 2.44. The summed E-state index contributed by atoms with van der Waals surface area (Å²) in [5.74, 6) is 0.958. The van der Waals surface area contributed by atoms with E-state index < -0.39 is 10.0 Å². The second kappa shape index (κ2) is 3.58. The molecule has 0 spiro atoms. The van der Waals surface area contributed by atoms with Gasteiger partial charge in [0.15, 0.2) is 0 Å². The van der Waals surface area contributed by atoms with E-state index in [0.29, 0.717) is 18.4 Å². The minimum Gasteiger partial charge on any atom is -0.212 e. The molecule has 3 nitrogen and oxygen atoms in total. The fourth-order valence-electron chi connectivity index (χ4n) is 2.10. The number of rotatable bonds is 1. The molecular formula is C9H19NO2S. The van der Waals surface area contributed by atoms with Gasteiger partial charge in [0.25, 0.3) is 0 Å². The van der Waals surface area contributed by atoms with Gasteiger partial charge in [0.05, 0.1) is 6.26 Å². The predicted octanol–water partition coefficient (Wildman–Crippen LogP) is 1.31. The Hall–Kier alpha value is -0.0900. The van der Waals surface area contributed by atoms with Crippen LogP contribution in [0.15, 0.2) is 0 Å². The smallest absolute Gasteiger partial charge is 0.211 e. The molecule has 1 heterocycles. The standard InChI is InChI=1S/C9H19NO2S/c1-7-5-8(2)9(3)10(6-7)13(4,11)12/h7-9H,5-6H2,1-4H3. The van der Waals surface area contributed by atoms with Crippen molar-refractivity contribution in [2.24, 2.45) is 11.8 Å². The van der Waals surface area contributed by atoms with Gasteiger partial charge in [0.2, 0.25) is 10.0 Å². The van der Waals surface area contributed by atoms with Crippen LogP contribution in [0.3, 0.4) is 0 Å². The number of piperidine rings is 1. The lowest BCUT2D eigenvalue weighted by atomic mass is 9.88. The first kappa shape index (κ1) is 11.0. The summed E-state index contributed by atoms with van der Waals surface area (Å²) in [5, 5.41) is 0. The summed E-state index contributed by atoms with van der Waals surface area (Å²) in [6.07, 6.45) is 2.43. The van der Waals surface area contributed by atoms with Gasteiger partial charge in [0.1, 0.15) is 0 Å². The zero-order valence-electron chi connectivity index (χ0n) is 8.82. The lowest BCUT2D eigenvalue weighted by Gasteiger charge is -2.39. The number of hydrogen-bond acceptors (Lipinski definition) is 2. The van der Waals surface area contributed by atoms with Crippen molar-refractivity contribution in [2.75, 3.05) is 12.8 Å². The molecule has 0 aromatic heterocycles. The van der Waals surface area contributed by atoms with E-state index in [4.69, 9.17) is 0 Å². The van der Waals surface area contributed by atoms with E-state index in [2.05, 4.69) is 13.8 Å². The van der Waals surface area contributed by atoms with Crippen molar-refractivity contribution in [3.63, 3.8) is 0 Å². The highest BCUT2D eigenvalue weighted by molar-refractivity contribution is 7.88. The molecule has 0 aromatic rings. The van der Waals surface area contributed by atoms with E-state index in [1.807, 2.05) is 6.92 Å². The first-order valence-corrected chi connectivity index (χ1v) is 6.64. The van der Waals surface area contributed by atoms with Crippen molar-refractivity contribution in [3.05, 3.63) is 0 Å². The maximum atomic E-state index is 11.4. The minimum absolute atomic E-state index is 0.159. The maximum absolute atomic E-state index is 11.4. The van der Waals surface area contributed by atoms with E-state index in [1.165, 1.54) is 6.26 Å². The zero-order chi connectivity index (χ0) is 10.2. The monoisotopic (exact) mass is 205 g/mol. The van der Waals surface area contributed by atoms with Gasteiger partial charge in [-0.25, -0.2) is 8.42 Å². The Morgan fingerprint density at radius 1 is 1.23 bits per heavy atom. The van der Waals surface area contributed by atoms with Crippen molar-refractivity contribution in [2.45, 2.75) is 33.2 Å². The lowest BCUT2D eigenvalue weighted by Crippen LogP contribution is -2.48. The Kier molecular flexibility index (Phi) is 3.02. The average molecular weight is 205 g/mol. The van der Waals surface area contributed by atoms with Crippen LogP contribution in [0.5, 0.6) is 0 Å². The maximum Gasteiger partial charge on any atom is 0.211 e. The molecule has 13 heavy (non-hydrogen) atoms. The van der Waals surface area contributed by atoms with Crippen LogP contribution in [0.2, 0.25) is 0 Å². The van der Waals surface area contributed by atoms with Gasteiger partial charge in [-0.3, -0.25) is 0 Å². The van der Waals surface area contributed by atoms with Gasteiger partial charge in [-0.05, 0) is 25.2 Å². The van der Waals surface area contributed by atoms with Crippen LogP contribution in [0.4, 0.5) is 0 Å². The molecular weight excluding hydrogens is 186 g/mol. The average Bonchev–Trinajstić information content (AvgIpc) is 1.94. The van der Waals surface area contributed by atoms with Crippen LogP contribution in [0, 0.1) is 11.8 Å². The van der Waals surface area contributed by atoms with Crippen molar-refractivity contribution < 1.29 is 8.42 Å². The molecule has 1 rings (SSSR count). The van der Waals surface area contributed by atoms with Crippen LogP contribution >= 0.6 is 0 Å². The molecule has 1 fully saturated rings. The quantitative estimate of drug-likeness (QED) is 0.647. The van der Waals surface area contributed by atoms with E-state index in [-0.39, 0.29) is 6.04 Å². The van der Waals surface area contributed by atoms with Crippen molar-refractivity contribution in [1.29, 1.82) is 0 Å². The molecule has 0 radical (unpaired) electrons. The molecule has 4 heteroatoms. The summed E-state index contributed by atoms with van der Waals surface area (Å²) >= 11 is 0. The second-order valence-corrected chi connectivity index (χ2v) is 6.33. The summed E-state index contributed by atoms with van der Waals surface area (Å²) < 4.78 is 24.5. The molecule has 0 aliphatic carbocycles. The third-order valence-electron chi connectivity index (χ3n) is 2.97. The summed E-state index contributed by atoms with van der Waals surface area (Å²) in [6.45, 7) is 6.92. The van der Waals surface area contributed by atoms with Crippen LogP contribution in [-0.2, 0) is 10.0 Å². The zero-order valence-corrected chi connectivity index (χ0v) is 9.63. The highest BCUT2D eigenvalue weighted by Gasteiger charge is 2.33. The topological polar surface area (TPSA) is 37.4 Å². The van der Waals surface area contributed by atoms with Crippen LogP contribution in [0.1, 0.15) is 27.2 Å². The Morgan fingerprint density at radius 3 is 2.23 bits per heavy atom. The van der Waals surface area contributed by atoms with E-state index in [9.17, 15) is 8.42 Å². The highest BCUT2D eigenvalue weighted by atomic mass is 32.2. The molecule has 1 aliphatic heterocycles. The van der Waals surface area contributed by atoms with E-state index in [0.717, 1.165) is 6.42 Å². The largest absolute Gasteiger partial charge is 0.212 e. The minimum atomic E-state index is -3.01. The Bertz CT molecular complexity index is 273. The SMILES string of the molecule is CC1CC(C)C(C)N(S(C)(=O)=O)C1. The van der Waals surface area contributed by atoms with Gasteiger partial charge in [-0.1, -0.05) is 13.8 Å². The lowest BCUT2D eigenvalue weighted by molar-refractivity contribution is 0.158. The summed E-state index contributed by atoms with van der Waals surface area (Å²) in [5.41, 5.74) is 0. The molecule has 3 unspecified atom stereocenters. The third-order valence-corrected chi connectivity index (χ3v) is 4.30. The van der Waals surface area contributed by atoms with Crippen molar-refractivity contribution >= 4 is 10.0 Å². The molecule has 0 bridgehead atoms.